The molecule has 0 radical (unpaired) electrons. The zero-order chi connectivity index (χ0) is 24.2. The number of nitrogens with one attached hydrogen (secondary N) is 1. The number of benzene rings is 3. The predicted molar refractivity (Wildman–Crippen MR) is 143 cm³/mol. The molecular formula is C29H31N5O. The first-order valence-corrected chi connectivity index (χ1v) is 12.2. The fourth-order valence-corrected chi connectivity index (χ4v) is 4.60. The van der Waals surface area contributed by atoms with Crippen LogP contribution in [-0.2, 0) is 6.54 Å². The number of para-hydroxylation sites is 1. The van der Waals surface area contributed by atoms with Crippen LogP contribution >= 0.6 is 0 Å². The summed E-state index contributed by atoms with van der Waals surface area (Å²) in [6.45, 7) is 8.91. The lowest BCUT2D eigenvalue weighted by Gasteiger charge is -2.34. The van der Waals surface area contributed by atoms with E-state index in [0.29, 0.717) is 5.56 Å². The second-order valence-corrected chi connectivity index (χ2v) is 9.05. The van der Waals surface area contributed by atoms with Crippen molar-refractivity contribution in [2.24, 2.45) is 5.73 Å². The van der Waals surface area contributed by atoms with Crippen LogP contribution in [0.4, 0.5) is 11.4 Å². The molecule has 1 aliphatic heterocycles. The molecule has 35 heavy (non-hydrogen) atoms. The van der Waals surface area contributed by atoms with Crippen molar-refractivity contribution in [3.05, 3.63) is 90.0 Å². The average molecular weight is 466 g/mol. The molecule has 0 aliphatic carbocycles. The quantitative estimate of drug-likeness (QED) is 0.407. The third-order valence-corrected chi connectivity index (χ3v) is 6.73. The molecule has 178 valence electrons. The Bertz CT molecular complexity index is 1310. The largest absolute Gasteiger partial charge is 0.366 e. The zero-order valence-electron chi connectivity index (χ0n) is 20.1. The summed E-state index contributed by atoms with van der Waals surface area (Å²) in [7, 11) is 0. The number of nitrogens with zero attached hydrogens (tertiary/aromatic N) is 3. The summed E-state index contributed by atoms with van der Waals surface area (Å²) < 4.78 is 0. The molecule has 1 fully saturated rings. The number of anilines is 2. The summed E-state index contributed by atoms with van der Waals surface area (Å²) in [5.74, 6) is -0.433. The van der Waals surface area contributed by atoms with E-state index >= 15 is 0 Å². The maximum absolute atomic E-state index is 11.4. The Hall–Kier alpha value is -3.74. The lowest BCUT2D eigenvalue weighted by atomic mass is 10.1. The number of piperazine rings is 1. The van der Waals surface area contributed by atoms with Crippen LogP contribution in [0.15, 0.2) is 78.9 Å². The minimum absolute atomic E-state index is 0.433. The van der Waals surface area contributed by atoms with Crippen LogP contribution in [0.3, 0.4) is 0 Å². The van der Waals surface area contributed by atoms with E-state index in [0.717, 1.165) is 72.8 Å². The van der Waals surface area contributed by atoms with E-state index in [-0.39, 0.29) is 0 Å². The molecule has 2 heterocycles. The third-order valence-electron chi connectivity index (χ3n) is 6.73. The molecule has 1 amide bonds. The fourth-order valence-electron chi connectivity index (χ4n) is 4.60. The minimum atomic E-state index is -0.433. The van der Waals surface area contributed by atoms with Gasteiger partial charge in [0.25, 0.3) is 0 Å². The van der Waals surface area contributed by atoms with Crippen molar-refractivity contribution in [1.29, 1.82) is 0 Å². The lowest BCUT2D eigenvalue weighted by molar-refractivity contribution is 0.100. The van der Waals surface area contributed by atoms with Crippen molar-refractivity contribution < 1.29 is 4.79 Å². The number of carbonyl (C=O) groups is 1. The minimum Gasteiger partial charge on any atom is -0.366 e. The van der Waals surface area contributed by atoms with Crippen LogP contribution in [0, 0.1) is 0 Å². The number of fused-ring (bicyclic) bond motifs is 1. The third kappa shape index (κ3) is 5.34. The van der Waals surface area contributed by atoms with Crippen molar-refractivity contribution in [2.45, 2.75) is 13.5 Å². The Balaban J connectivity index is 1.36. The SMILES string of the molecule is CCN1CCN(Cc2ccc(Nc3cc(-c4ccc(C(N)=O)cc4)nc4ccccc34)cc2)CC1. The molecule has 0 saturated carbocycles. The van der Waals surface area contributed by atoms with Gasteiger partial charge in [-0.3, -0.25) is 9.69 Å². The standard InChI is InChI=1S/C29H31N5O/c1-2-33-15-17-34(18-16-33)20-21-7-13-24(14-8-21)31-28-19-27(32-26-6-4-3-5-25(26)28)22-9-11-23(12-10-22)29(30)35/h3-14,19H,2,15-18,20H2,1H3,(H2,30,35)(H,31,32). The molecule has 1 aromatic heterocycles. The van der Waals surface area contributed by atoms with E-state index < -0.39 is 5.91 Å². The number of aromatic nitrogens is 1. The van der Waals surface area contributed by atoms with Crippen molar-refractivity contribution >= 4 is 28.2 Å². The number of rotatable bonds is 7. The Labute approximate surface area is 206 Å². The van der Waals surface area contributed by atoms with Crippen molar-refractivity contribution in [1.82, 2.24) is 14.8 Å². The van der Waals surface area contributed by atoms with Crippen LogP contribution in [0.2, 0.25) is 0 Å². The Morgan fingerprint density at radius 1 is 0.914 bits per heavy atom. The summed E-state index contributed by atoms with van der Waals surface area (Å²) in [6.07, 6.45) is 0. The van der Waals surface area contributed by atoms with Gasteiger partial charge in [0.15, 0.2) is 0 Å². The topological polar surface area (TPSA) is 74.5 Å². The van der Waals surface area contributed by atoms with Crippen LogP contribution in [0.25, 0.3) is 22.2 Å². The van der Waals surface area contributed by atoms with Gasteiger partial charge in [0.1, 0.15) is 0 Å². The number of nitrogens with two attached hydrogens (primary N) is 1. The molecule has 6 heteroatoms. The predicted octanol–water partition coefficient (Wildman–Crippen LogP) is 4.88. The van der Waals surface area contributed by atoms with Crippen LogP contribution in [-0.4, -0.2) is 53.4 Å². The van der Waals surface area contributed by atoms with Gasteiger partial charge in [-0.05, 0) is 48.5 Å². The second kappa shape index (κ2) is 10.3. The fraction of sp³-hybridized carbons (Fsp3) is 0.241. The van der Waals surface area contributed by atoms with E-state index in [1.165, 1.54) is 5.56 Å². The number of pyridine rings is 1. The number of carbonyl (C=O) groups excluding carboxylic acids is 1. The summed E-state index contributed by atoms with van der Waals surface area (Å²) >= 11 is 0. The van der Waals surface area contributed by atoms with Crippen LogP contribution in [0.5, 0.6) is 0 Å². The van der Waals surface area contributed by atoms with Gasteiger partial charge in [-0.15, -0.1) is 0 Å². The first-order valence-electron chi connectivity index (χ1n) is 12.2. The summed E-state index contributed by atoms with van der Waals surface area (Å²) in [5.41, 5.74) is 11.9. The maximum atomic E-state index is 11.4. The highest BCUT2D eigenvalue weighted by Gasteiger charge is 2.15. The van der Waals surface area contributed by atoms with E-state index in [1.54, 1.807) is 12.1 Å². The summed E-state index contributed by atoms with van der Waals surface area (Å²) in [6, 6.07) is 26.1. The molecule has 0 bridgehead atoms. The van der Waals surface area contributed by atoms with Crippen molar-refractivity contribution in [3.8, 4) is 11.3 Å². The zero-order valence-corrected chi connectivity index (χ0v) is 20.1. The van der Waals surface area contributed by atoms with E-state index in [9.17, 15) is 4.79 Å². The summed E-state index contributed by atoms with van der Waals surface area (Å²) in [5, 5.41) is 4.65. The van der Waals surface area contributed by atoms with Gasteiger partial charge >= 0.3 is 0 Å². The number of primary amides is 1. The van der Waals surface area contributed by atoms with Gasteiger partial charge in [0, 0.05) is 54.9 Å². The van der Waals surface area contributed by atoms with E-state index in [4.69, 9.17) is 10.7 Å². The molecular weight excluding hydrogens is 434 g/mol. The van der Waals surface area contributed by atoms with Gasteiger partial charge in [0.05, 0.1) is 16.9 Å². The van der Waals surface area contributed by atoms with Gasteiger partial charge in [-0.1, -0.05) is 49.4 Å². The molecule has 0 spiro atoms. The van der Waals surface area contributed by atoms with Gasteiger partial charge in [0.2, 0.25) is 5.91 Å². The van der Waals surface area contributed by atoms with Crippen molar-refractivity contribution in [3.63, 3.8) is 0 Å². The highest BCUT2D eigenvalue weighted by molar-refractivity contribution is 5.96. The molecule has 4 aromatic rings. The highest BCUT2D eigenvalue weighted by Crippen LogP contribution is 2.31. The van der Waals surface area contributed by atoms with Gasteiger partial charge < -0.3 is 16.0 Å². The number of amides is 1. The molecule has 5 rings (SSSR count). The smallest absolute Gasteiger partial charge is 0.248 e. The Morgan fingerprint density at radius 3 is 2.29 bits per heavy atom. The molecule has 1 saturated heterocycles. The molecule has 3 N–H and O–H groups in total. The Morgan fingerprint density at radius 2 is 1.60 bits per heavy atom. The Kier molecular flexibility index (Phi) is 6.75. The average Bonchev–Trinajstić information content (AvgIpc) is 2.90. The van der Waals surface area contributed by atoms with Crippen molar-refractivity contribution in [2.75, 3.05) is 38.0 Å². The second-order valence-electron chi connectivity index (χ2n) is 9.05. The van der Waals surface area contributed by atoms with Gasteiger partial charge in [-0.2, -0.15) is 0 Å². The summed E-state index contributed by atoms with van der Waals surface area (Å²) in [4.78, 5) is 21.3. The first-order chi connectivity index (χ1) is 17.1. The van der Waals surface area contributed by atoms with E-state index in [2.05, 4.69) is 58.4 Å². The van der Waals surface area contributed by atoms with Gasteiger partial charge in [-0.25, -0.2) is 4.98 Å². The van der Waals surface area contributed by atoms with Crippen LogP contribution in [0.1, 0.15) is 22.8 Å². The molecule has 3 aromatic carbocycles. The number of hydrogen-bond acceptors (Lipinski definition) is 5. The number of hydrogen-bond donors (Lipinski definition) is 2. The highest BCUT2D eigenvalue weighted by atomic mass is 16.1. The normalized spacial score (nSPS) is 14.8. The van der Waals surface area contributed by atoms with Crippen LogP contribution < -0.4 is 11.1 Å². The number of likely N-dealkylation sites (N-methyl/N-ethyl adjacent to an activating group) is 1. The monoisotopic (exact) mass is 465 g/mol. The molecule has 6 nitrogen and oxygen atoms in total. The van der Waals surface area contributed by atoms with E-state index in [1.807, 2.05) is 30.3 Å². The molecule has 1 aliphatic rings. The maximum Gasteiger partial charge on any atom is 0.248 e. The lowest BCUT2D eigenvalue weighted by Crippen LogP contribution is -2.45. The molecule has 0 atom stereocenters. The first kappa shape index (κ1) is 23.0. The molecule has 0 unspecified atom stereocenters.